The van der Waals surface area contributed by atoms with Crippen molar-refractivity contribution in [3.63, 3.8) is 0 Å². The predicted molar refractivity (Wildman–Crippen MR) is 118 cm³/mol. The number of aliphatic hydroxyl groups is 1. The van der Waals surface area contributed by atoms with E-state index in [-0.39, 0.29) is 22.9 Å². The summed E-state index contributed by atoms with van der Waals surface area (Å²) in [6.07, 6.45) is 1.93. The van der Waals surface area contributed by atoms with Crippen molar-refractivity contribution in [2.24, 2.45) is 0 Å². The summed E-state index contributed by atoms with van der Waals surface area (Å²) in [5.74, 6) is -6.30. The van der Waals surface area contributed by atoms with Crippen molar-refractivity contribution in [1.82, 2.24) is 19.7 Å². The number of ether oxygens (including phenoxy) is 1. The number of alkyl halides is 2. The molecule has 4 aromatic rings. The Morgan fingerprint density at radius 1 is 1.03 bits per heavy atom. The van der Waals surface area contributed by atoms with E-state index in [2.05, 4.69) is 15.1 Å². The molecule has 0 saturated heterocycles. The third-order valence-corrected chi connectivity index (χ3v) is 5.69. The van der Waals surface area contributed by atoms with Crippen LogP contribution in [0.5, 0.6) is 11.5 Å². The van der Waals surface area contributed by atoms with Gasteiger partial charge < -0.3 is 14.4 Å². The molecule has 0 aliphatic carbocycles. The number of hydrogen-bond acceptors (Lipinski definition) is 8. The minimum atomic E-state index is -4.25. The van der Waals surface area contributed by atoms with E-state index in [4.69, 9.17) is 10.00 Å². The normalized spacial score (nSPS) is 13.1. The van der Waals surface area contributed by atoms with Crippen molar-refractivity contribution in [3.8, 4) is 17.6 Å². The minimum Gasteiger partial charge on any atom is -0.456 e. The lowest BCUT2D eigenvalue weighted by atomic mass is 9.84. The first-order valence-corrected chi connectivity index (χ1v) is 10.8. The van der Waals surface area contributed by atoms with E-state index in [9.17, 15) is 18.4 Å². The Morgan fingerprint density at radius 3 is 2.36 bits per heavy atom. The second-order valence-corrected chi connectivity index (χ2v) is 8.02. The molecule has 2 aromatic heterocycles. The molecule has 2 N–H and O–H groups in total. The van der Waals surface area contributed by atoms with Crippen LogP contribution in [0.4, 0.5) is 17.6 Å². The second-order valence-electron chi connectivity index (χ2n) is 7.47. The molecule has 8 nitrogen and oxygen atoms in total. The lowest BCUT2D eigenvalue weighted by Gasteiger charge is -2.36. The average Bonchev–Trinajstić information content (AvgIpc) is 3.31. The molecule has 0 saturated carbocycles. The Hall–Kier alpha value is -3.99. The fraction of sp³-hybridized carbons (Fsp3) is 0.130. The third-order valence-electron chi connectivity index (χ3n) is 5.21. The van der Waals surface area contributed by atoms with Crippen LogP contribution in [0.15, 0.2) is 72.3 Å². The maximum absolute atomic E-state index is 15.9. The van der Waals surface area contributed by atoms with E-state index in [1.54, 1.807) is 0 Å². The zero-order valence-corrected chi connectivity index (χ0v) is 18.8. The average molecular weight is 517 g/mol. The number of hydrogen-bond donors (Lipinski definition) is 2. The Bertz CT molecular complexity index is 1410. The lowest BCUT2D eigenvalue weighted by molar-refractivity contribution is -0.208. The molecular weight excluding hydrogens is 502 g/mol. The van der Waals surface area contributed by atoms with Crippen molar-refractivity contribution in [1.29, 1.82) is 5.26 Å². The zero-order chi connectivity index (χ0) is 25.9. The van der Waals surface area contributed by atoms with Gasteiger partial charge in [0.05, 0.1) is 36.4 Å². The minimum absolute atomic E-state index is 0.0750. The topological polar surface area (TPSA) is 117 Å². The number of aromatic nitrogens is 4. The number of benzene rings is 2. The number of rotatable bonds is 8. The van der Waals surface area contributed by atoms with Gasteiger partial charge in [-0.3, -0.25) is 4.98 Å². The highest BCUT2D eigenvalue weighted by molar-refractivity contribution is 7.93. The second kappa shape index (κ2) is 9.94. The van der Waals surface area contributed by atoms with E-state index in [1.165, 1.54) is 30.3 Å². The summed E-state index contributed by atoms with van der Waals surface area (Å²) in [5, 5.41) is 23.6. The molecule has 2 heterocycles. The van der Waals surface area contributed by atoms with Crippen LogP contribution >= 0.6 is 12.0 Å². The van der Waals surface area contributed by atoms with E-state index in [1.807, 2.05) is 6.07 Å². The molecule has 184 valence electrons. The maximum Gasteiger partial charge on any atom is 0.323 e. The van der Waals surface area contributed by atoms with Crippen LogP contribution in [0.2, 0.25) is 0 Å². The highest BCUT2D eigenvalue weighted by Gasteiger charge is 2.58. The molecule has 0 fully saturated rings. The Balaban J connectivity index is 1.71. The summed E-state index contributed by atoms with van der Waals surface area (Å²) in [6.45, 7) is -1.06. The van der Waals surface area contributed by atoms with Gasteiger partial charge in [-0.25, -0.2) is 18.4 Å². The molecule has 36 heavy (non-hydrogen) atoms. The summed E-state index contributed by atoms with van der Waals surface area (Å²) >= 11 is 0.0858. The van der Waals surface area contributed by atoms with E-state index >= 15 is 8.78 Å². The molecule has 1 unspecified atom stereocenters. The Labute approximate surface area is 205 Å². The molecule has 0 radical (unpaired) electrons. The van der Waals surface area contributed by atoms with Crippen molar-refractivity contribution < 1.29 is 32.0 Å². The van der Waals surface area contributed by atoms with E-state index in [0.29, 0.717) is 23.4 Å². The molecule has 0 bridgehead atoms. The van der Waals surface area contributed by atoms with E-state index < -0.39 is 41.0 Å². The number of pyridine rings is 1. The maximum atomic E-state index is 15.9. The molecule has 0 spiro atoms. The Kier molecular flexibility index (Phi) is 6.93. The number of halogens is 4. The van der Waals surface area contributed by atoms with Gasteiger partial charge in [-0.1, -0.05) is 0 Å². The van der Waals surface area contributed by atoms with Gasteiger partial charge in [-0.05, 0) is 48.5 Å². The molecular formula is C23H15F4N5O3S. The standard InChI is InChI=1S/C23H15F4N5O3S/c24-15-3-7-18(19(25)9-15)22(33,12-32-21(36-34)30-13-31-32)23(26,27)20-8-6-17(11-29-20)35-16-4-1-14(10-28)2-5-16/h1-9,11,13,33-34H,12H2. The van der Waals surface area contributed by atoms with Crippen LogP contribution < -0.4 is 4.74 Å². The molecule has 0 aliphatic rings. The molecule has 0 amide bonds. The first kappa shape index (κ1) is 25.1. The summed E-state index contributed by atoms with van der Waals surface area (Å²) in [4.78, 5) is 7.38. The molecule has 13 heteroatoms. The summed E-state index contributed by atoms with van der Waals surface area (Å²) in [5.41, 5.74) is -4.79. The smallest absolute Gasteiger partial charge is 0.323 e. The van der Waals surface area contributed by atoms with Crippen LogP contribution in [0, 0.1) is 23.0 Å². The summed E-state index contributed by atoms with van der Waals surface area (Å²) in [7, 11) is 0. The summed E-state index contributed by atoms with van der Waals surface area (Å²) in [6, 6.07) is 11.8. The van der Waals surface area contributed by atoms with Gasteiger partial charge in [0.25, 0.3) is 0 Å². The van der Waals surface area contributed by atoms with Crippen LogP contribution in [-0.2, 0) is 18.1 Å². The predicted octanol–water partition coefficient (Wildman–Crippen LogP) is 4.86. The third kappa shape index (κ3) is 4.74. The van der Waals surface area contributed by atoms with Crippen molar-refractivity contribution in [3.05, 3.63) is 95.6 Å². The Morgan fingerprint density at radius 2 is 1.75 bits per heavy atom. The number of nitriles is 1. The van der Waals surface area contributed by atoms with Crippen LogP contribution in [0.25, 0.3) is 0 Å². The number of nitrogens with zero attached hydrogens (tertiary/aromatic N) is 5. The molecule has 4 rings (SSSR count). The van der Waals surface area contributed by atoms with Crippen molar-refractivity contribution in [2.75, 3.05) is 0 Å². The van der Waals surface area contributed by atoms with Crippen LogP contribution in [-0.4, -0.2) is 29.4 Å². The largest absolute Gasteiger partial charge is 0.456 e. The van der Waals surface area contributed by atoms with Gasteiger partial charge >= 0.3 is 5.92 Å². The van der Waals surface area contributed by atoms with Crippen LogP contribution in [0.3, 0.4) is 0 Å². The van der Waals surface area contributed by atoms with Gasteiger partial charge in [-0.2, -0.15) is 19.1 Å². The van der Waals surface area contributed by atoms with E-state index in [0.717, 1.165) is 29.3 Å². The van der Waals surface area contributed by atoms with Gasteiger partial charge in [0.2, 0.25) is 5.16 Å². The zero-order valence-electron chi connectivity index (χ0n) is 18.0. The van der Waals surface area contributed by atoms with Crippen molar-refractivity contribution >= 4 is 12.0 Å². The van der Waals surface area contributed by atoms with Gasteiger partial charge in [0.15, 0.2) is 5.60 Å². The summed E-state index contributed by atoms with van der Waals surface area (Å²) < 4.78 is 75.5. The van der Waals surface area contributed by atoms with Gasteiger partial charge in [0, 0.05) is 11.6 Å². The van der Waals surface area contributed by atoms with Gasteiger partial charge in [-0.15, -0.1) is 0 Å². The molecule has 0 aliphatic heterocycles. The molecule has 2 aromatic carbocycles. The quantitative estimate of drug-likeness (QED) is 0.251. The van der Waals surface area contributed by atoms with Gasteiger partial charge in [0.1, 0.15) is 35.2 Å². The highest BCUT2D eigenvalue weighted by atomic mass is 32.2. The fourth-order valence-electron chi connectivity index (χ4n) is 3.40. The first-order chi connectivity index (χ1) is 17.2. The fourth-order valence-corrected chi connectivity index (χ4v) is 3.70. The van der Waals surface area contributed by atoms with Crippen molar-refractivity contribution in [2.45, 2.75) is 23.2 Å². The monoisotopic (exact) mass is 517 g/mol. The van der Waals surface area contributed by atoms with Crippen LogP contribution in [0.1, 0.15) is 16.8 Å². The highest BCUT2D eigenvalue weighted by Crippen LogP contribution is 2.47. The first-order valence-electron chi connectivity index (χ1n) is 10.1. The molecule has 1 atom stereocenters. The lowest BCUT2D eigenvalue weighted by Crippen LogP contribution is -2.48. The SMILES string of the molecule is N#Cc1ccc(Oc2ccc(C(F)(F)C(O)(Cn3ncnc3SO)c3ccc(F)cc3F)nc2)cc1.